The van der Waals surface area contributed by atoms with E-state index in [1.165, 1.54) is 0 Å². The number of aliphatic hydroxyl groups is 1. The molecule has 3 aromatic rings. The van der Waals surface area contributed by atoms with Crippen LogP contribution in [0.2, 0.25) is 5.02 Å². The Morgan fingerprint density at radius 2 is 2.03 bits per heavy atom. The zero-order chi connectivity index (χ0) is 24.7. The first-order chi connectivity index (χ1) is 16.7. The Hall–Kier alpha value is -2.78. The van der Waals surface area contributed by atoms with Crippen molar-refractivity contribution in [2.45, 2.75) is 37.3 Å². The van der Waals surface area contributed by atoms with Crippen molar-refractivity contribution in [3.05, 3.63) is 59.5 Å². The molecule has 2 aliphatic heterocycles. The van der Waals surface area contributed by atoms with Crippen molar-refractivity contribution in [1.82, 2.24) is 19.7 Å². The van der Waals surface area contributed by atoms with E-state index in [0.29, 0.717) is 36.1 Å². The molecule has 2 aromatic heterocycles. The van der Waals surface area contributed by atoms with Crippen molar-refractivity contribution in [3.63, 3.8) is 0 Å². The number of carbonyl (C=O) groups excluding carboxylic acids is 1. The number of hydrogen-bond acceptors (Lipinski definition) is 6. The molecule has 2 unspecified atom stereocenters. The summed E-state index contributed by atoms with van der Waals surface area (Å²) in [6, 6.07) is 5.92. The van der Waals surface area contributed by atoms with E-state index in [2.05, 4.69) is 39.9 Å². The van der Waals surface area contributed by atoms with E-state index in [9.17, 15) is 9.90 Å². The Kier molecular flexibility index (Phi) is 6.40. The van der Waals surface area contributed by atoms with Crippen LogP contribution in [0.1, 0.15) is 36.8 Å². The van der Waals surface area contributed by atoms with E-state index in [0.717, 1.165) is 47.3 Å². The molecular weight excluding hydrogens is 466 g/mol. The molecule has 1 amide bonds. The van der Waals surface area contributed by atoms with Gasteiger partial charge in [0.25, 0.3) is 5.91 Å². The van der Waals surface area contributed by atoms with Gasteiger partial charge in [-0.1, -0.05) is 18.2 Å². The molecule has 4 heterocycles. The summed E-state index contributed by atoms with van der Waals surface area (Å²) in [7, 11) is 1.79. The summed E-state index contributed by atoms with van der Waals surface area (Å²) >= 11 is 6.70. The average molecular weight is 496 g/mol. The second kappa shape index (κ2) is 9.35. The zero-order valence-corrected chi connectivity index (χ0v) is 20.8. The van der Waals surface area contributed by atoms with E-state index in [-0.39, 0.29) is 11.4 Å². The van der Waals surface area contributed by atoms with Crippen molar-refractivity contribution in [1.29, 1.82) is 0 Å². The molecule has 2 fully saturated rings. The van der Waals surface area contributed by atoms with Crippen LogP contribution in [0.3, 0.4) is 0 Å². The molecule has 35 heavy (non-hydrogen) atoms. The van der Waals surface area contributed by atoms with Gasteiger partial charge in [0.15, 0.2) is 0 Å². The highest BCUT2D eigenvalue weighted by Gasteiger charge is 2.45. The van der Waals surface area contributed by atoms with Crippen LogP contribution in [-0.4, -0.2) is 68.6 Å². The minimum Gasteiger partial charge on any atom is -0.389 e. The zero-order valence-electron chi connectivity index (χ0n) is 20.0. The number of hydrogen-bond donors (Lipinski definition) is 2. The summed E-state index contributed by atoms with van der Waals surface area (Å²) in [4.78, 5) is 19.4. The molecule has 1 aromatic carbocycles. The number of piperidine rings is 1. The van der Waals surface area contributed by atoms with Crippen LogP contribution in [0, 0.1) is 0 Å². The number of ether oxygens (including phenoxy) is 1. The third kappa shape index (κ3) is 4.59. The minimum absolute atomic E-state index is 0.321. The summed E-state index contributed by atoms with van der Waals surface area (Å²) in [5, 5.41) is 19.9. The van der Waals surface area contributed by atoms with Crippen molar-refractivity contribution in [3.8, 4) is 0 Å². The molecule has 0 spiro atoms. The Labute approximate surface area is 209 Å². The molecule has 0 aliphatic carbocycles. The molecular formula is C26H30ClN5O3. The fraction of sp³-hybridized carbons (Fsp3) is 0.423. The maximum absolute atomic E-state index is 12.7. The standard InChI is InChI=1S/C26H30ClN5O3/c1-16(20-12-29-31(3)13-20)25(34)30-24-10-18-8-21(22(27)9-19(18)11-28-24)17-4-6-32(7-5-17)26(2)15-35-14-23(26)33/h8-13,17,23,33H,1,4-7,14-15H2,2-3H3,(H,28,30,34). The van der Waals surface area contributed by atoms with Crippen LogP contribution in [0.4, 0.5) is 5.82 Å². The van der Waals surface area contributed by atoms with Crippen LogP contribution in [-0.2, 0) is 16.6 Å². The average Bonchev–Trinajstić information content (AvgIpc) is 3.44. The normalized spacial score (nSPS) is 23.6. The summed E-state index contributed by atoms with van der Waals surface area (Å²) in [6.45, 7) is 8.69. The smallest absolute Gasteiger partial charge is 0.256 e. The maximum Gasteiger partial charge on any atom is 0.256 e. The molecule has 2 aliphatic rings. The van der Waals surface area contributed by atoms with Gasteiger partial charge < -0.3 is 15.2 Å². The monoisotopic (exact) mass is 495 g/mol. The van der Waals surface area contributed by atoms with Gasteiger partial charge in [0.1, 0.15) is 5.82 Å². The number of carbonyl (C=O) groups is 1. The Balaban J connectivity index is 1.31. The van der Waals surface area contributed by atoms with Crippen molar-refractivity contribution >= 4 is 39.7 Å². The number of nitrogens with zero attached hydrogens (tertiary/aromatic N) is 4. The molecule has 0 radical (unpaired) electrons. The van der Waals surface area contributed by atoms with Crippen LogP contribution in [0.15, 0.2) is 43.4 Å². The van der Waals surface area contributed by atoms with Gasteiger partial charge in [0.2, 0.25) is 0 Å². The topological polar surface area (TPSA) is 92.5 Å². The predicted molar refractivity (Wildman–Crippen MR) is 136 cm³/mol. The molecule has 184 valence electrons. The Morgan fingerprint density at radius 1 is 1.26 bits per heavy atom. The number of amides is 1. The van der Waals surface area contributed by atoms with E-state index in [1.54, 1.807) is 30.3 Å². The number of aliphatic hydroxyl groups excluding tert-OH is 1. The van der Waals surface area contributed by atoms with Crippen LogP contribution in [0.25, 0.3) is 16.3 Å². The van der Waals surface area contributed by atoms with E-state index >= 15 is 0 Å². The number of halogens is 1. The van der Waals surface area contributed by atoms with Crippen LogP contribution in [0.5, 0.6) is 0 Å². The molecule has 8 nitrogen and oxygen atoms in total. The van der Waals surface area contributed by atoms with Gasteiger partial charge in [-0.05, 0) is 67.9 Å². The molecule has 2 saturated heterocycles. The highest BCUT2D eigenvalue weighted by atomic mass is 35.5. The maximum atomic E-state index is 12.7. The number of aromatic nitrogens is 3. The lowest BCUT2D eigenvalue weighted by Gasteiger charge is -2.43. The first-order valence-electron chi connectivity index (χ1n) is 11.8. The number of pyridine rings is 1. The first-order valence-corrected chi connectivity index (χ1v) is 12.2. The summed E-state index contributed by atoms with van der Waals surface area (Å²) in [5.74, 6) is 0.458. The molecule has 2 atom stereocenters. The molecule has 9 heteroatoms. The van der Waals surface area contributed by atoms with Gasteiger partial charge in [-0.15, -0.1) is 0 Å². The minimum atomic E-state index is -0.460. The van der Waals surface area contributed by atoms with Gasteiger partial charge in [0, 0.05) is 41.0 Å². The number of likely N-dealkylation sites (tertiary alicyclic amines) is 1. The van der Waals surface area contributed by atoms with Crippen molar-refractivity contribution in [2.75, 3.05) is 31.6 Å². The lowest BCUT2D eigenvalue weighted by atomic mass is 9.85. The van der Waals surface area contributed by atoms with Gasteiger partial charge in [-0.3, -0.25) is 14.4 Å². The van der Waals surface area contributed by atoms with Crippen molar-refractivity contribution < 1.29 is 14.6 Å². The third-order valence-electron chi connectivity index (χ3n) is 7.45. The second-order valence-electron chi connectivity index (χ2n) is 9.78. The number of rotatable bonds is 5. The molecule has 0 saturated carbocycles. The second-order valence-corrected chi connectivity index (χ2v) is 10.2. The fourth-order valence-corrected chi connectivity index (χ4v) is 5.45. The highest BCUT2D eigenvalue weighted by Crippen LogP contribution is 2.38. The molecule has 5 rings (SSSR count). The lowest BCUT2D eigenvalue weighted by Crippen LogP contribution is -2.56. The first kappa shape index (κ1) is 23.9. The van der Waals surface area contributed by atoms with Gasteiger partial charge in [0.05, 0.1) is 31.1 Å². The van der Waals surface area contributed by atoms with E-state index in [4.69, 9.17) is 16.3 Å². The Morgan fingerprint density at radius 3 is 2.69 bits per heavy atom. The number of nitrogens with one attached hydrogen (secondary N) is 1. The highest BCUT2D eigenvalue weighted by molar-refractivity contribution is 6.32. The number of fused-ring (bicyclic) bond motifs is 1. The van der Waals surface area contributed by atoms with Gasteiger partial charge >= 0.3 is 0 Å². The van der Waals surface area contributed by atoms with Gasteiger partial charge in [-0.2, -0.15) is 5.10 Å². The quantitative estimate of drug-likeness (QED) is 0.525. The number of aryl methyl sites for hydroxylation is 1. The summed E-state index contributed by atoms with van der Waals surface area (Å²) < 4.78 is 7.15. The van der Waals surface area contributed by atoms with Crippen LogP contribution < -0.4 is 5.32 Å². The summed E-state index contributed by atoms with van der Waals surface area (Å²) in [6.07, 6.45) is 6.52. The fourth-order valence-electron chi connectivity index (χ4n) is 5.12. The SMILES string of the molecule is C=C(C(=O)Nc1cc2cc(C3CCN(C4(C)COCC4O)CC3)c(Cl)cc2cn1)c1cnn(C)c1. The van der Waals surface area contributed by atoms with Gasteiger partial charge in [-0.25, -0.2) is 4.98 Å². The molecule has 2 N–H and O–H groups in total. The third-order valence-corrected chi connectivity index (χ3v) is 7.78. The number of anilines is 1. The Bertz CT molecular complexity index is 1280. The number of benzene rings is 1. The lowest BCUT2D eigenvalue weighted by molar-refractivity contribution is -0.111. The van der Waals surface area contributed by atoms with E-state index in [1.807, 2.05) is 12.1 Å². The predicted octanol–water partition coefficient (Wildman–Crippen LogP) is 3.60. The molecule has 0 bridgehead atoms. The van der Waals surface area contributed by atoms with E-state index < -0.39 is 6.10 Å². The van der Waals surface area contributed by atoms with Crippen LogP contribution >= 0.6 is 11.6 Å². The summed E-state index contributed by atoms with van der Waals surface area (Å²) in [5.41, 5.74) is 1.78. The largest absolute Gasteiger partial charge is 0.389 e. The van der Waals surface area contributed by atoms with Crippen molar-refractivity contribution in [2.24, 2.45) is 7.05 Å².